The molecule has 1 fully saturated rings. The number of ketones is 1. The smallest absolute Gasteiger partial charge is 0.275 e. The van der Waals surface area contributed by atoms with Crippen LogP contribution in [0.3, 0.4) is 0 Å². The van der Waals surface area contributed by atoms with Crippen LogP contribution in [0.25, 0.3) is 10.9 Å². The Kier molecular flexibility index (Phi) is 4.58. The van der Waals surface area contributed by atoms with Crippen molar-refractivity contribution in [1.82, 2.24) is 15.1 Å². The average Bonchev–Trinajstić information content (AvgIpc) is 3.10. The van der Waals surface area contributed by atoms with Gasteiger partial charge in [-0.1, -0.05) is 11.6 Å². The number of hydrogen-bond acceptors (Lipinski definition) is 4. The fourth-order valence-electron chi connectivity index (χ4n) is 3.57. The number of aromatic amines is 1. The number of rotatable bonds is 3. The number of amides is 1. The molecule has 0 radical (unpaired) electrons. The van der Waals surface area contributed by atoms with Crippen LogP contribution >= 0.6 is 0 Å². The molecular weight excluding hydrogens is 359 g/mol. The fourth-order valence-corrected chi connectivity index (χ4v) is 3.57. The summed E-state index contributed by atoms with van der Waals surface area (Å²) in [4.78, 5) is 28.0. The molecule has 1 aliphatic heterocycles. The van der Waals surface area contributed by atoms with Crippen molar-refractivity contribution in [3.8, 4) is 0 Å². The molecule has 0 atom stereocenters. The normalized spacial score (nSPS) is 14.5. The number of Topliss-reactive ketones (excluding diaryl/α,β-unsaturated/α-hetero) is 1. The second-order valence-corrected chi connectivity index (χ2v) is 7.12. The summed E-state index contributed by atoms with van der Waals surface area (Å²) >= 11 is 0. The second kappa shape index (κ2) is 7.07. The zero-order valence-corrected chi connectivity index (χ0v) is 15.8. The molecule has 1 saturated heterocycles. The monoisotopic (exact) mass is 380 g/mol. The molecule has 0 spiro atoms. The van der Waals surface area contributed by atoms with Crippen LogP contribution in [0.15, 0.2) is 36.4 Å². The van der Waals surface area contributed by atoms with Crippen LogP contribution in [-0.4, -0.2) is 53.0 Å². The lowest BCUT2D eigenvalue weighted by Crippen LogP contribution is -2.49. The van der Waals surface area contributed by atoms with E-state index in [4.69, 9.17) is 0 Å². The predicted molar refractivity (Wildman–Crippen MR) is 105 cm³/mol. The third kappa shape index (κ3) is 3.24. The van der Waals surface area contributed by atoms with E-state index in [1.807, 2.05) is 30.0 Å². The van der Waals surface area contributed by atoms with Gasteiger partial charge in [-0.25, -0.2) is 4.39 Å². The Morgan fingerprint density at radius 2 is 1.82 bits per heavy atom. The molecule has 0 bridgehead atoms. The lowest BCUT2D eigenvalue weighted by Gasteiger charge is -2.36. The highest BCUT2D eigenvalue weighted by Crippen LogP contribution is 2.24. The number of halogens is 1. The minimum absolute atomic E-state index is 0.121. The summed E-state index contributed by atoms with van der Waals surface area (Å²) in [7, 11) is 0. The van der Waals surface area contributed by atoms with Crippen molar-refractivity contribution in [2.45, 2.75) is 13.8 Å². The van der Waals surface area contributed by atoms with E-state index in [1.54, 1.807) is 17.0 Å². The number of hydrogen-bond donors (Lipinski definition) is 1. The standard InChI is InChI=1S/C21H21FN4O2/c1-13-3-5-18-16(11-13)20(24-23-18)21(28)26-9-7-25(8-10-26)19-6-4-15(14(2)27)12-17(19)22/h3-6,11-12H,7-10H2,1-2H3,(H,23,24). The number of H-pyrrole nitrogens is 1. The van der Waals surface area contributed by atoms with Crippen LogP contribution in [0.5, 0.6) is 0 Å². The molecule has 1 aromatic heterocycles. The number of carbonyl (C=O) groups excluding carboxylic acids is 2. The molecule has 3 aromatic rings. The van der Waals surface area contributed by atoms with Crippen LogP contribution in [0.1, 0.15) is 33.3 Å². The van der Waals surface area contributed by atoms with Gasteiger partial charge in [0.05, 0.1) is 11.2 Å². The van der Waals surface area contributed by atoms with E-state index >= 15 is 0 Å². The first-order valence-corrected chi connectivity index (χ1v) is 9.23. The van der Waals surface area contributed by atoms with Gasteiger partial charge in [0.15, 0.2) is 11.5 Å². The second-order valence-electron chi connectivity index (χ2n) is 7.12. The Balaban J connectivity index is 1.48. The number of nitrogens with one attached hydrogen (secondary N) is 1. The Labute approximate surface area is 161 Å². The Hall–Kier alpha value is -3.22. The van der Waals surface area contributed by atoms with Crippen molar-refractivity contribution in [2.75, 3.05) is 31.1 Å². The summed E-state index contributed by atoms with van der Waals surface area (Å²) in [5, 5.41) is 7.93. The topological polar surface area (TPSA) is 69.3 Å². The van der Waals surface area contributed by atoms with Crippen LogP contribution in [0, 0.1) is 12.7 Å². The minimum atomic E-state index is -0.416. The van der Waals surface area contributed by atoms with E-state index in [0.29, 0.717) is 43.1 Å². The largest absolute Gasteiger partial charge is 0.366 e. The molecule has 1 N–H and O–H groups in total. The van der Waals surface area contributed by atoms with E-state index in [-0.39, 0.29) is 11.7 Å². The van der Waals surface area contributed by atoms with Crippen LogP contribution in [0.4, 0.5) is 10.1 Å². The minimum Gasteiger partial charge on any atom is -0.366 e. The van der Waals surface area contributed by atoms with Gasteiger partial charge in [-0.3, -0.25) is 14.7 Å². The van der Waals surface area contributed by atoms with Crippen LogP contribution < -0.4 is 4.90 Å². The summed E-state index contributed by atoms with van der Waals surface area (Å²) in [5.41, 5.74) is 3.13. The van der Waals surface area contributed by atoms with Gasteiger partial charge in [0.1, 0.15) is 5.82 Å². The summed E-state index contributed by atoms with van der Waals surface area (Å²) in [5.74, 6) is -0.701. The van der Waals surface area contributed by atoms with Crippen molar-refractivity contribution in [2.24, 2.45) is 0 Å². The van der Waals surface area contributed by atoms with E-state index in [9.17, 15) is 14.0 Å². The van der Waals surface area contributed by atoms with Crippen LogP contribution in [0.2, 0.25) is 0 Å². The summed E-state index contributed by atoms with van der Waals surface area (Å²) < 4.78 is 14.4. The number of piperazine rings is 1. The molecule has 4 rings (SSSR count). The molecule has 0 unspecified atom stereocenters. The molecule has 2 heterocycles. The fraction of sp³-hybridized carbons (Fsp3) is 0.286. The number of carbonyl (C=O) groups is 2. The Bertz CT molecular complexity index is 1070. The Morgan fingerprint density at radius 3 is 2.50 bits per heavy atom. The van der Waals surface area contributed by atoms with E-state index < -0.39 is 5.82 Å². The van der Waals surface area contributed by atoms with Gasteiger partial charge in [-0.05, 0) is 44.2 Å². The molecule has 28 heavy (non-hydrogen) atoms. The number of fused-ring (bicyclic) bond motifs is 1. The van der Waals surface area contributed by atoms with Gasteiger partial charge in [-0.2, -0.15) is 5.10 Å². The molecule has 2 aromatic carbocycles. The van der Waals surface area contributed by atoms with Gasteiger partial charge >= 0.3 is 0 Å². The zero-order chi connectivity index (χ0) is 19.8. The average molecular weight is 380 g/mol. The third-order valence-corrected chi connectivity index (χ3v) is 5.18. The quantitative estimate of drug-likeness (QED) is 0.709. The van der Waals surface area contributed by atoms with Gasteiger partial charge in [0.25, 0.3) is 5.91 Å². The van der Waals surface area contributed by atoms with Crippen LogP contribution in [-0.2, 0) is 0 Å². The first-order chi connectivity index (χ1) is 13.4. The molecule has 144 valence electrons. The maximum atomic E-state index is 14.4. The summed E-state index contributed by atoms with van der Waals surface area (Å²) in [6.45, 7) is 5.39. The number of nitrogens with zero attached hydrogens (tertiary/aromatic N) is 3. The molecular formula is C21H21FN4O2. The molecule has 7 heteroatoms. The number of aromatic nitrogens is 2. The van der Waals surface area contributed by atoms with Gasteiger partial charge in [-0.15, -0.1) is 0 Å². The highest BCUT2D eigenvalue weighted by Gasteiger charge is 2.26. The number of anilines is 1. The predicted octanol–water partition coefficient (Wildman–Crippen LogP) is 3.18. The molecule has 1 aliphatic rings. The van der Waals surface area contributed by atoms with Gasteiger partial charge in [0.2, 0.25) is 0 Å². The molecule has 0 aliphatic carbocycles. The maximum absolute atomic E-state index is 14.4. The lowest BCUT2D eigenvalue weighted by atomic mass is 10.1. The summed E-state index contributed by atoms with van der Waals surface area (Å²) in [6, 6.07) is 10.4. The highest BCUT2D eigenvalue weighted by atomic mass is 19.1. The van der Waals surface area contributed by atoms with Gasteiger partial charge in [0, 0.05) is 37.1 Å². The van der Waals surface area contributed by atoms with Crippen molar-refractivity contribution >= 4 is 28.3 Å². The van der Waals surface area contributed by atoms with Crippen molar-refractivity contribution in [3.05, 3.63) is 59.0 Å². The van der Waals surface area contributed by atoms with Crippen molar-refractivity contribution in [3.63, 3.8) is 0 Å². The highest BCUT2D eigenvalue weighted by molar-refractivity contribution is 6.04. The molecule has 1 amide bonds. The Morgan fingerprint density at radius 1 is 1.07 bits per heavy atom. The van der Waals surface area contributed by atoms with Gasteiger partial charge < -0.3 is 9.80 Å². The first kappa shape index (κ1) is 18.2. The van der Waals surface area contributed by atoms with E-state index in [2.05, 4.69) is 10.2 Å². The number of benzene rings is 2. The molecule has 6 nitrogen and oxygen atoms in total. The third-order valence-electron chi connectivity index (χ3n) is 5.18. The maximum Gasteiger partial charge on any atom is 0.275 e. The van der Waals surface area contributed by atoms with E-state index in [1.165, 1.54) is 13.0 Å². The zero-order valence-electron chi connectivity index (χ0n) is 15.8. The van der Waals surface area contributed by atoms with Crippen molar-refractivity contribution in [1.29, 1.82) is 0 Å². The molecule has 0 saturated carbocycles. The SMILES string of the molecule is CC(=O)c1ccc(N2CCN(C(=O)c3n[nH]c4ccc(C)cc34)CC2)c(F)c1. The number of aryl methyl sites for hydroxylation is 1. The lowest BCUT2D eigenvalue weighted by molar-refractivity contribution is 0.0742. The first-order valence-electron chi connectivity index (χ1n) is 9.23. The summed E-state index contributed by atoms with van der Waals surface area (Å²) in [6.07, 6.45) is 0. The van der Waals surface area contributed by atoms with E-state index in [0.717, 1.165) is 16.5 Å². The van der Waals surface area contributed by atoms with Crippen molar-refractivity contribution < 1.29 is 14.0 Å².